The van der Waals surface area contributed by atoms with Crippen molar-refractivity contribution in [3.8, 4) is 61.3 Å². The first-order valence-electron chi connectivity index (χ1n) is 21.3. The summed E-state index contributed by atoms with van der Waals surface area (Å²) in [6.45, 7) is 0. The summed E-state index contributed by atoms with van der Waals surface area (Å²) < 4.78 is 2.39. The maximum Gasteiger partial charge on any atom is 0.0547 e. The number of fused-ring (bicyclic) bond motifs is 3. The zero-order valence-corrected chi connectivity index (χ0v) is 34.1. The van der Waals surface area contributed by atoms with Crippen LogP contribution in [0.3, 0.4) is 0 Å². The van der Waals surface area contributed by atoms with Gasteiger partial charge in [-0.15, -0.1) is 0 Å². The molecule has 0 bridgehead atoms. The Morgan fingerprint density at radius 2 is 0.758 bits per heavy atom. The highest BCUT2D eigenvalue weighted by atomic mass is 15.1. The van der Waals surface area contributed by atoms with E-state index in [0.29, 0.717) is 0 Å². The van der Waals surface area contributed by atoms with E-state index in [-0.39, 0.29) is 0 Å². The third kappa shape index (κ3) is 6.56. The molecule has 10 aromatic carbocycles. The molecule has 11 aromatic rings. The molecule has 292 valence electrons. The number of para-hydroxylation sites is 3. The number of anilines is 3. The quantitative estimate of drug-likeness (QED) is 0.141. The maximum atomic E-state index is 2.49. The highest BCUT2D eigenvalue weighted by Gasteiger charge is 2.25. The average Bonchev–Trinajstić information content (AvgIpc) is 3.70. The molecule has 11 rings (SSSR count). The number of rotatable bonds is 9. The van der Waals surface area contributed by atoms with Gasteiger partial charge in [-0.1, -0.05) is 206 Å². The van der Waals surface area contributed by atoms with Crippen molar-refractivity contribution in [3.63, 3.8) is 0 Å². The second-order valence-corrected chi connectivity index (χ2v) is 15.6. The van der Waals surface area contributed by atoms with Gasteiger partial charge in [-0.25, -0.2) is 0 Å². The highest BCUT2D eigenvalue weighted by Crippen LogP contribution is 2.50. The molecule has 0 radical (unpaired) electrons. The normalized spacial score (nSPS) is 11.2. The lowest BCUT2D eigenvalue weighted by atomic mass is 9.87. The number of benzene rings is 10. The first-order valence-corrected chi connectivity index (χ1v) is 21.3. The van der Waals surface area contributed by atoms with Gasteiger partial charge in [0.15, 0.2) is 0 Å². The average molecular weight is 791 g/mol. The molecule has 1 heterocycles. The first-order chi connectivity index (χ1) is 30.8. The first kappa shape index (κ1) is 36.8. The molecule has 2 heteroatoms. The summed E-state index contributed by atoms with van der Waals surface area (Å²) in [7, 11) is 0. The molecule has 0 N–H and O–H groups in total. The van der Waals surface area contributed by atoms with E-state index >= 15 is 0 Å². The molecule has 1 aromatic heterocycles. The molecule has 0 saturated carbocycles. The van der Waals surface area contributed by atoms with E-state index in [2.05, 4.69) is 264 Å². The minimum atomic E-state index is 1.07. The van der Waals surface area contributed by atoms with Crippen LogP contribution < -0.4 is 4.90 Å². The molecule has 0 unspecified atom stereocenters. The van der Waals surface area contributed by atoms with Crippen molar-refractivity contribution in [2.24, 2.45) is 0 Å². The second kappa shape index (κ2) is 16.1. The van der Waals surface area contributed by atoms with Gasteiger partial charge in [-0.3, -0.25) is 0 Å². The molecular weight excluding hydrogens is 749 g/mol. The summed E-state index contributed by atoms with van der Waals surface area (Å²) in [6, 6.07) is 92.2. The molecule has 0 amide bonds. The van der Waals surface area contributed by atoms with Crippen molar-refractivity contribution in [2.45, 2.75) is 0 Å². The lowest BCUT2D eigenvalue weighted by Gasteiger charge is -2.31. The molecule has 0 saturated heterocycles. The predicted molar refractivity (Wildman–Crippen MR) is 263 cm³/mol. The number of aromatic nitrogens is 1. The fraction of sp³-hybridized carbons (Fsp3) is 0. The van der Waals surface area contributed by atoms with Crippen molar-refractivity contribution in [3.05, 3.63) is 255 Å². The van der Waals surface area contributed by atoms with Crippen LogP contribution in [-0.4, -0.2) is 4.57 Å². The van der Waals surface area contributed by atoms with Crippen molar-refractivity contribution in [1.82, 2.24) is 4.57 Å². The third-order valence-corrected chi connectivity index (χ3v) is 12.0. The minimum absolute atomic E-state index is 1.07. The van der Waals surface area contributed by atoms with Crippen LogP contribution in [0.15, 0.2) is 255 Å². The van der Waals surface area contributed by atoms with Crippen molar-refractivity contribution in [2.75, 3.05) is 4.90 Å². The summed E-state index contributed by atoms with van der Waals surface area (Å²) in [5.74, 6) is 0. The van der Waals surface area contributed by atoms with Gasteiger partial charge in [0.05, 0.1) is 22.4 Å². The molecule has 0 aliphatic carbocycles. The standard InChI is InChI=1S/C60H42N2/c1-5-22-43(23-6-1)49-32-13-14-34-53(49)59-51(45-26-9-3-10-27-45)36-20-40-57(59)62(55-38-17-15-33-50(55)44-24-7-2-8-25-44)48-31-19-28-46(42-48)52-37-21-41-58-60(52)54-35-16-18-39-56(54)61(58)47-29-11-4-12-30-47/h1-42H. The lowest BCUT2D eigenvalue weighted by molar-refractivity contribution is 1.18. The zero-order valence-electron chi connectivity index (χ0n) is 34.1. The maximum absolute atomic E-state index is 2.49. The van der Waals surface area contributed by atoms with Crippen LogP contribution in [0.4, 0.5) is 17.1 Å². The largest absolute Gasteiger partial charge is 0.309 e. The van der Waals surface area contributed by atoms with Crippen LogP contribution in [0.25, 0.3) is 83.1 Å². The van der Waals surface area contributed by atoms with Gasteiger partial charge < -0.3 is 9.47 Å². The van der Waals surface area contributed by atoms with Gasteiger partial charge in [0.2, 0.25) is 0 Å². The predicted octanol–water partition coefficient (Wildman–Crippen LogP) is 16.6. The van der Waals surface area contributed by atoms with Crippen molar-refractivity contribution in [1.29, 1.82) is 0 Å². The summed E-state index contributed by atoms with van der Waals surface area (Å²) in [4.78, 5) is 2.49. The third-order valence-electron chi connectivity index (χ3n) is 12.0. The molecule has 0 fully saturated rings. The minimum Gasteiger partial charge on any atom is -0.309 e. The Balaban J connectivity index is 1.20. The van der Waals surface area contributed by atoms with Crippen LogP contribution in [0, 0.1) is 0 Å². The molecule has 2 nitrogen and oxygen atoms in total. The number of nitrogens with zero attached hydrogens (tertiary/aromatic N) is 2. The Morgan fingerprint density at radius 3 is 1.48 bits per heavy atom. The Kier molecular flexibility index (Phi) is 9.57. The van der Waals surface area contributed by atoms with Crippen LogP contribution in [-0.2, 0) is 0 Å². The lowest BCUT2D eigenvalue weighted by Crippen LogP contribution is -2.13. The van der Waals surface area contributed by atoms with Gasteiger partial charge in [-0.2, -0.15) is 0 Å². The second-order valence-electron chi connectivity index (χ2n) is 15.6. The molecular formula is C60H42N2. The number of hydrogen-bond donors (Lipinski definition) is 0. The fourth-order valence-electron chi connectivity index (χ4n) is 9.30. The molecule has 0 aliphatic rings. The summed E-state index contributed by atoms with van der Waals surface area (Å²) in [6.07, 6.45) is 0. The van der Waals surface area contributed by atoms with Crippen LogP contribution in [0.1, 0.15) is 0 Å². The smallest absolute Gasteiger partial charge is 0.0547 e. The van der Waals surface area contributed by atoms with E-state index < -0.39 is 0 Å². The Morgan fingerprint density at radius 1 is 0.290 bits per heavy atom. The molecule has 0 atom stereocenters. The van der Waals surface area contributed by atoms with Gasteiger partial charge in [0.25, 0.3) is 0 Å². The van der Waals surface area contributed by atoms with Crippen LogP contribution >= 0.6 is 0 Å². The SMILES string of the molecule is c1ccc(-c2ccccc2-c2c(-c3ccccc3)cccc2N(c2cccc(-c3cccc4c3c3ccccc3n4-c3ccccc3)c2)c2ccccc2-c2ccccc2)cc1. The van der Waals surface area contributed by atoms with E-state index in [1.807, 2.05) is 0 Å². The van der Waals surface area contributed by atoms with Crippen LogP contribution in [0.2, 0.25) is 0 Å². The van der Waals surface area contributed by atoms with Crippen molar-refractivity contribution < 1.29 is 0 Å². The Bertz CT molecular complexity index is 3330. The van der Waals surface area contributed by atoms with Crippen LogP contribution in [0.5, 0.6) is 0 Å². The Labute approximate surface area is 362 Å². The van der Waals surface area contributed by atoms with Gasteiger partial charge in [0.1, 0.15) is 0 Å². The van der Waals surface area contributed by atoms with E-state index in [9.17, 15) is 0 Å². The summed E-state index contributed by atoms with van der Waals surface area (Å²) in [5, 5.41) is 2.47. The van der Waals surface area contributed by atoms with Gasteiger partial charge in [-0.05, 0) is 93.0 Å². The number of hydrogen-bond acceptors (Lipinski definition) is 1. The van der Waals surface area contributed by atoms with E-state index in [1.165, 1.54) is 60.8 Å². The molecule has 62 heavy (non-hydrogen) atoms. The van der Waals surface area contributed by atoms with Crippen molar-refractivity contribution >= 4 is 38.9 Å². The van der Waals surface area contributed by atoms with Gasteiger partial charge in [0, 0.05) is 33.3 Å². The topological polar surface area (TPSA) is 8.17 Å². The Hall–Kier alpha value is -8.20. The molecule has 0 aliphatic heterocycles. The van der Waals surface area contributed by atoms with E-state index in [0.717, 1.165) is 39.4 Å². The van der Waals surface area contributed by atoms with E-state index in [4.69, 9.17) is 0 Å². The fourth-order valence-corrected chi connectivity index (χ4v) is 9.30. The summed E-state index contributed by atoms with van der Waals surface area (Å²) in [5.41, 5.74) is 18.5. The molecule has 0 spiro atoms. The van der Waals surface area contributed by atoms with Gasteiger partial charge >= 0.3 is 0 Å². The monoisotopic (exact) mass is 790 g/mol. The zero-order chi connectivity index (χ0) is 41.2. The summed E-state index contributed by atoms with van der Waals surface area (Å²) >= 11 is 0. The highest BCUT2D eigenvalue weighted by molar-refractivity contribution is 6.16. The van der Waals surface area contributed by atoms with E-state index in [1.54, 1.807) is 0 Å².